The summed E-state index contributed by atoms with van der Waals surface area (Å²) in [6, 6.07) is 0. The van der Waals surface area contributed by atoms with Crippen molar-refractivity contribution in [3.05, 3.63) is 17.7 Å². The van der Waals surface area contributed by atoms with Crippen molar-refractivity contribution in [3.63, 3.8) is 0 Å². The molecule has 2 fully saturated rings. The summed E-state index contributed by atoms with van der Waals surface area (Å²) in [4.78, 5) is 8.14. The van der Waals surface area contributed by atoms with Crippen molar-refractivity contribution in [2.75, 3.05) is 26.3 Å². The van der Waals surface area contributed by atoms with Crippen LogP contribution in [0.3, 0.4) is 0 Å². The molecule has 2 aliphatic heterocycles. The van der Waals surface area contributed by atoms with E-state index < -0.39 is 0 Å². The smallest absolute Gasteiger partial charge is 0.109 e. The second-order valence-corrected chi connectivity index (χ2v) is 5.57. The van der Waals surface area contributed by atoms with E-state index in [1.807, 2.05) is 6.20 Å². The average Bonchev–Trinajstić information content (AvgIpc) is 2.99. The summed E-state index contributed by atoms with van der Waals surface area (Å²) in [6.45, 7) is 6.18. The molecule has 1 aromatic heterocycles. The van der Waals surface area contributed by atoms with E-state index in [0.29, 0.717) is 5.92 Å². The standard InChI is InChI=1S/C13H21N3O/c1-13(4-7-17-9-13)11-8-15-12(16-11)10-2-5-14-6-3-10/h8,10,14H,2-7,9H2,1H3,(H,15,16). The number of ether oxygens (including phenoxy) is 1. The minimum Gasteiger partial charge on any atom is -0.380 e. The van der Waals surface area contributed by atoms with E-state index >= 15 is 0 Å². The number of nitrogens with one attached hydrogen (secondary N) is 2. The lowest BCUT2D eigenvalue weighted by molar-refractivity contribution is 0.180. The fourth-order valence-corrected chi connectivity index (χ4v) is 2.83. The van der Waals surface area contributed by atoms with E-state index in [-0.39, 0.29) is 5.41 Å². The van der Waals surface area contributed by atoms with Crippen LogP contribution in [-0.4, -0.2) is 36.3 Å². The highest BCUT2D eigenvalue weighted by Gasteiger charge is 2.34. The number of H-pyrrole nitrogens is 1. The van der Waals surface area contributed by atoms with Crippen LogP contribution in [0.25, 0.3) is 0 Å². The summed E-state index contributed by atoms with van der Waals surface area (Å²) in [7, 11) is 0. The Morgan fingerprint density at radius 3 is 2.94 bits per heavy atom. The highest BCUT2D eigenvalue weighted by atomic mass is 16.5. The molecule has 2 N–H and O–H groups in total. The van der Waals surface area contributed by atoms with Gasteiger partial charge in [-0.2, -0.15) is 0 Å². The summed E-state index contributed by atoms with van der Waals surface area (Å²) in [5, 5.41) is 3.39. The molecule has 0 aromatic carbocycles. The van der Waals surface area contributed by atoms with Gasteiger partial charge in [0.2, 0.25) is 0 Å². The van der Waals surface area contributed by atoms with E-state index in [2.05, 4.69) is 22.2 Å². The van der Waals surface area contributed by atoms with Gasteiger partial charge in [-0.1, -0.05) is 6.92 Å². The Kier molecular flexibility index (Phi) is 2.92. The largest absolute Gasteiger partial charge is 0.380 e. The Morgan fingerprint density at radius 2 is 2.24 bits per heavy atom. The highest BCUT2D eigenvalue weighted by molar-refractivity contribution is 5.17. The summed E-state index contributed by atoms with van der Waals surface area (Å²) >= 11 is 0. The molecule has 3 heterocycles. The molecular weight excluding hydrogens is 214 g/mol. The minimum absolute atomic E-state index is 0.151. The number of imidazole rings is 1. The molecule has 0 spiro atoms. The van der Waals surface area contributed by atoms with E-state index in [9.17, 15) is 0 Å². The molecule has 4 heteroatoms. The molecule has 0 aliphatic carbocycles. The van der Waals surface area contributed by atoms with Gasteiger partial charge in [-0.05, 0) is 32.4 Å². The highest BCUT2D eigenvalue weighted by Crippen LogP contribution is 2.33. The van der Waals surface area contributed by atoms with Crippen LogP contribution in [0.4, 0.5) is 0 Å². The number of aromatic amines is 1. The van der Waals surface area contributed by atoms with Gasteiger partial charge in [0.15, 0.2) is 0 Å². The summed E-state index contributed by atoms with van der Waals surface area (Å²) in [6.07, 6.45) is 5.51. The fourth-order valence-electron chi connectivity index (χ4n) is 2.83. The molecule has 1 unspecified atom stereocenters. The first-order valence-electron chi connectivity index (χ1n) is 6.62. The average molecular weight is 235 g/mol. The van der Waals surface area contributed by atoms with Crippen LogP contribution in [-0.2, 0) is 10.2 Å². The van der Waals surface area contributed by atoms with Crippen LogP contribution in [0.1, 0.15) is 43.6 Å². The molecule has 1 atom stereocenters. The Balaban J connectivity index is 1.77. The minimum atomic E-state index is 0.151. The van der Waals surface area contributed by atoms with E-state index in [4.69, 9.17) is 4.74 Å². The van der Waals surface area contributed by atoms with Crippen LogP contribution >= 0.6 is 0 Å². The van der Waals surface area contributed by atoms with Gasteiger partial charge in [-0.25, -0.2) is 4.98 Å². The van der Waals surface area contributed by atoms with Crippen molar-refractivity contribution in [1.82, 2.24) is 15.3 Å². The van der Waals surface area contributed by atoms with Crippen LogP contribution in [0.2, 0.25) is 0 Å². The molecular formula is C13H21N3O. The van der Waals surface area contributed by atoms with Gasteiger partial charge in [0.25, 0.3) is 0 Å². The normalized spacial score (nSPS) is 30.9. The van der Waals surface area contributed by atoms with Crippen LogP contribution < -0.4 is 5.32 Å². The Morgan fingerprint density at radius 1 is 1.41 bits per heavy atom. The van der Waals surface area contributed by atoms with Crippen molar-refractivity contribution in [2.24, 2.45) is 0 Å². The topological polar surface area (TPSA) is 49.9 Å². The Labute approximate surface area is 102 Å². The first kappa shape index (κ1) is 11.2. The van der Waals surface area contributed by atoms with Gasteiger partial charge < -0.3 is 15.0 Å². The third kappa shape index (κ3) is 2.11. The van der Waals surface area contributed by atoms with Crippen molar-refractivity contribution < 1.29 is 4.74 Å². The molecule has 0 bridgehead atoms. The zero-order chi connectivity index (χ0) is 11.7. The Bertz CT molecular complexity index is 376. The number of rotatable bonds is 2. The van der Waals surface area contributed by atoms with Crippen molar-refractivity contribution in [1.29, 1.82) is 0 Å². The fraction of sp³-hybridized carbons (Fsp3) is 0.769. The van der Waals surface area contributed by atoms with Gasteiger partial charge in [-0.3, -0.25) is 0 Å². The monoisotopic (exact) mass is 235 g/mol. The van der Waals surface area contributed by atoms with Gasteiger partial charge in [0.05, 0.1) is 6.61 Å². The lowest BCUT2D eigenvalue weighted by Gasteiger charge is -2.22. The van der Waals surface area contributed by atoms with Crippen LogP contribution in [0.5, 0.6) is 0 Å². The van der Waals surface area contributed by atoms with Gasteiger partial charge in [-0.15, -0.1) is 0 Å². The summed E-state index contributed by atoms with van der Waals surface area (Å²) in [5.41, 5.74) is 1.40. The molecule has 2 saturated heterocycles. The molecule has 3 rings (SSSR count). The van der Waals surface area contributed by atoms with Crippen LogP contribution in [0.15, 0.2) is 6.20 Å². The molecule has 4 nitrogen and oxygen atoms in total. The number of nitrogens with zero attached hydrogens (tertiary/aromatic N) is 1. The maximum absolute atomic E-state index is 5.51. The third-order valence-electron chi connectivity index (χ3n) is 4.19. The summed E-state index contributed by atoms with van der Waals surface area (Å²) in [5.74, 6) is 1.78. The maximum atomic E-state index is 5.51. The molecule has 2 aliphatic rings. The van der Waals surface area contributed by atoms with E-state index in [1.165, 1.54) is 24.4 Å². The van der Waals surface area contributed by atoms with E-state index in [1.54, 1.807) is 0 Å². The predicted molar refractivity (Wildman–Crippen MR) is 66.2 cm³/mol. The first-order chi connectivity index (χ1) is 8.28. The van der Waals surface area contributed by atoms with E-state index in [0.717, 1.165) is 32.7 Å². The lowest BCUT2D eigenvalue weighted by atomic mass is 9.87. The van der Waals surface area contributed by atoms with Gasteiger partial charge in [0, 0.05) is 29.8 Å². The SMILES string of the molecule is CC1(c2cnc(C3CCNCC3)[nH]2)CCOC1. The van der Waals surface area contributed by atoms with Crippen LogP contribution in [0, 0.1) is 0 Å². The molecule has 0 amide bonds. The molecule has 17 heavy (non-hydrogen) atoms. The van der Waals surface area contributed by atoms with Crippen molar-refractivity contribution >= 4 is 0 Å². The quantitative estimate of drug-likeness (QED) is 0.818. The zero-order valence-electron chi connectivity index (χ0n) is 10.5. The first-order valence-corrected chi connectivity index (χ1v) is 6.62. The third-order valence-corrected chi connectivity index (χ3v) is 4.19. The van der Waals surface area contributed by atoms with Crippen molar-refractivity contribution in [2.45, 2.75) is 37.5 Å². The number of piperidine rings is 1. The zero-order valence-corrected chi connectivity index (χ0v) is 10.5. The number of hydrogen-bond acceptors (Lipinski definition) is 3. The predicted octanol–water partition coefficient (Wildman–Crippen LogP) is 1.55. The van der Waals surface area contributed by atoms with Crippen molar-refractivity contribution in [3.8, 4) is 0 Å². The number of hydrogen-bond donors (Lipinski definition) is 2. The molecule has 0 radical (unpaired) electrons. The second kappa shape index (κ2) is 4.42. The van der Waals surface area contributed by atoms with Gasteiger partial charge in [0.1, 0.15) is 5.82 Å². The maximum Gasteiger partial charge on any atom is 0.109 e. The van der Waals surface area contributed by atoms with Gasteiger partial charge >= 0.3 is 0 Å². The second-order valence-electron chi connectivity index (χ2n) is 5.57. The lowest BCUT2D eigenvalue weighted by Crippen LogP contribution is -2.27. The molecule has 94 valence electrons. The Hall–Kier alpha value is -0.870. The molecule has 1 aromatic rings. The number of aromatic nitrogens is 2. The molecule has 0 saturated carbocycles. The summed E-state index contributed by atoms with van der Waals surface area (Å²) < 4.78 is 5.51.